The van der Waals surface area contributed by atoms with Crippen LogP contribution < -0.4 is 0 Å². The molecule has 0 aliphatic heterocycles. The van der Waals surface area contributed by atoms with E-state index in [-0.39, 0.29) is 18.6 Å². The molecule has 0 heterocycles. The van der Waals surface area contributed by atoms with Crippen LogP contribution in [-0.2, 0) is 9.47 Å². The van der Waals surface area contributed by atoms with Crippen molar-refractivity contribution >= 4 is 8.07 Å². The quantitative estimate of drug-likeness (QED) is 0.398. The van der Waals surface area contributed by atoms with Gasteiger partial charge in [0.15, 0.2) is 0 Å². The fourth-order valence-corrected chi connectivity index (χ4v) is 1.66. The van der Waals surface area contributed by atoms with E-state index in [1.54, 1.807) is 0 Å². The minimum absolute atomic E-state index is 0.0573. The summed E-state index contributed by atoms with van der Waals surface area (Å²) in [4.78, 5) is 0. The molecule has 92 valence electrons. The van der Waals surface area contributed by atoms with E-state index in [0.717, 1.165) is 6.61 Å². The third-order valence-corrected chi connectivity index (χ3v) is 4.20. The van der Waals surface area contributed by atoms with Crippen molar-refractivity contribution in [2.75, 3.05) is 20.0 Å². The van der Waals surface area contributed by atoms with Crippen LogP contribution in [0.3, 0.4) is 0 Å². The van der Waals surface area contributed by atoms with Crippen LogP contribution in [0.15, 0.2) is 0 Å². The highest BCUT2D eigenvalue weighted by Gasteiger charge is 2.13. The van der Waals surface area contributed by atoms with Gasteiger partial charge >= 0.3 is 0 Å². The first-order valence-electron chi connectivity index (χ1n) is 5.67. The van der Waals surface area contributed by atoms with Gasteiger partial charge in [-0.15, -0.1) is 0 Å². The third-order valence-electron chi connectivity index (χ3n) is 2.50. The summed E-state index contributed by atoms with van der Waals surface area (Å²) in [6.45, 7) is 12.2. The number of hydrogen-bond donors (Lipinski definition) is 1. The second-order valence-corrected chi connectivity index (χ2v) is 11.0. The highest BCUT2D eigenvalue weighted by atomic mass is 28.3. The van der Waals surface area contributed by atoms with E-state index >= 15 is 0 Å². The van der Waals surface area contributed by atoms with Gasteiger partial charge in [-0.1, -0.05) is 26.6 Å². The Morgan fingerprint density at radius 1 is 1.20 bits per heavy atom. The SMILES string of the molecule is C[C@H](CO)[C@H](C)OCOCC[Si](C)(C)C. The normalized spacial score (nSPS) is 16.4. The van der Waals surface area contributed by atoms with Crippen LogP contribution in [0.4, 0.5) is 0 Å². The standard InChI is InChI=1S/C11H26O3Si/c1-10(8-12)11(2)14-9-13-6-7-15(3,4)5/h10-12H,6-9H2,1-5H3/t10-,11+/m1/s1. The summed E-state index contributed by atoms with van der Waals surface area (Å²) < 4.78 is 10.8. The largest absolute Gasteiger partial charge is 0.396 e. The molecular formula is C11H26O3Si. The first-order valence-corrected chi connectivity index (χ1v) is 9.37. The number of aliphatic hydroxyl groups is 1. The monoisotopic (exact) mass is 234 g/mol. The first-order chi connectivity index (χ1) is 6.87. The molecule has 0 bridgehead atoms. The zero-order valence-electron chi connectivity index (χ0n) is 10.7. The Hall–Kier alpha value is 0.0969. The summed E-state index contributed by atoms with van der Waals surface area (Å²) in [5, 5.41) is 8.90. The average molecular weight is 234 g/mol. The van der Waals surface area contributed by atoms with Gasteiger partial charge in [-0.2, -0.15) is 0 Å². The van der Waals surface area contributed by atoms with E-state index in [1.807, 2.05) is 13.8 Å². The molecule has 2 atom stereocenters. The second kappa shape index (κ2) is 7.38. The van der Waals surface area contributed by atoms with Crippen LogP contribution in [0, 0.1) is 5.92 Å². The molecule has 0 saturated carbocycles. The topological polar surface area (TPSA) is 38.7 Å². The van der Waals surface area contributed by atoms with Gasteiger partial charge in [0.05, 0.1) is 6.10 Å². The lowest BCUT2D eigenvalue weighted by Gasteiger charge is -2.19. The maximum atomic E-state index is 8.90. The summed E-state index contributed by atoms with van der Waals surface area (Å²) in [5.74, 6) is 0.172. The molecule has 4 heteroatoms. The molecule has 0 aliphatic rings. The number of ether oxygens (including phenoxy) is 2. The van der Waals surface area contributed by atoms with E-state index in [4.69, 9.17) is 14.6 Å². The Balaban J connectivity index is 3.39. The minimum Gasteiger partial charge on any atom is -0.396 e. The van der Waals surface area contributed by atoms with E-state index in [9.17, 15) is 0 Å². The molecule has 0 aromatic rings. The second-order valence-electron chi connectivity index (χ2n) is 5.37. The minimum atomic E-state index is -0.984. The molecule has 0 rings (SSSR count). The fraction of sp³-hybridized carbons (Fsp3) is 1.00. The van der Waals surface area contributed by atoms with Crippen molar-refractivity contribution in [3.05, 3.63) is 0 Å². The summed E-state index contributed by atoms with van der Waals surface area (Å²) in [5.41, 5.74) is 0. The number of aliphatic hydroxyl groups excluding tert-OH is 1. The van der Waals surface area contributed by atoms with Crippen LogP contribution in [0.5, 0.6) is 0 Å². The van der Waals surface area contributed by atoms with E-state index in [0.29, 0.717) is 6.79 Å². The van der Waals surface area contributed by atoms with Gasteiger partial charge < -0.3 is 14.6 Å². The van der Waals surface area contributed by atoms with Crippen LogP contribution in [0.25, 0.3) is 0 Å². The molecule has 0 unspecified atom stereocenters. The van der Waals surface area contributed by atoms with Crippen molar-refractivity contribution in [1.82, 2.24) is 0 Å². The molecule has 0 aromatic carbocycles. The molecule has 0 spiro atoms. The predicted octanol–water partition coefficient (Wildman–Crippen LogP) is 2.33. The van der Waals surface area contributed by atoms with Crippen molar-refractivity contribution in [1.29, 1.82) is 0 Å². The molecule has 0 fully saturated rings. The van der Waals surface area contributed by atoms with Crippen molar-refractivity contribution < 1.29 is 14.6 Å². The van der Waals surface area contributed by atoms with Crippen molar-refractivity contribution in [3.63, 3.8) is 0 Å². The van der Waals surface area contributed by atoms with Gasteiger partial charge in [0, 0.05) is 27.2 Å². The molecule has 0 aromatic heterocycles. The number of hydrogen-bond acceptors (Lipinski definition) is 3. The summed E-state index contributed by atoms with van der Waals surface area (Å²) in [7, 11) is -0.984. The Morgan fingerprint density at radius 2 is 1.80 bits per heavy atom. The molecule has 0 radical (unpaired) electrons. The molecular weight excluding hydrogens is 208 g/mol. The van der Waals surface area contributed by atoms with E-state index in [2.05, 4.69) is 19.6 Å². The maximum Gasteiger partial charge on any atom is 0.147 e. The fourth-order valence-electron chi connectivity index (χ4n) is 0.905. The summed E-state index contributed by atoms with van der Waals surface area (Å²) in [6.07, 6.45) is 0.0573. The van der Waals surface area contributed by atoms with Gasteiger partial charge in [-0.25, -0.2) is 0 Å². The lowest BCUT2D eigenvalue weighted by molar-refractivity contribution is -0.0999. The van der Waals surface area contributed by atoms with Gasteiger partial charge in [0.2, 0.25) is 0 Å². The van der Waals surface area contributed by atoms with Crippen molar-refractivity contribution in [2.45, 2.75) is 45.6 Å². The average Bonchev–Trinajstić information content (AvgIpc) is 2.14. The van der Waals surface area contributed by atoms with Gasteiger partial charge in [-0.3, -0.25) is 0 Å². The van der Waals surface area contributed by atoms with Crippen molar-refractivity contribution in [2.24, 2.45) is 5.92 Å². The lowest BCUT2D eigenvalue weighted by Crippen LogP contribution is -2.24. The highest BCUT2D eigenvalue weighted by molar-refractivity contribution is 6.76. The van der Waals surface area contributed by atoms with Gasteiger partial charge in [-0.05, 0) is 13.0 Å². The van der Waals surface area contributed by atoms with Crippen LogP contribution in [0.2, 0.25) is 25.7 Å². The van der Waals surface area contributed by atoms with Crippen LogP contribution in [-0.4, -0.2) is 39.3 Å². The smallest absolute Gasteiger partial charge is 0.147 e. The first kappa shape index (κ1) is 15.1. The maximum absolute atomic E-state index is 8.90. The molecule has 15 heavy (non-hydrogen) atoms. The third kappa shape index (κ3) is 9.05. The lowest BCUT2D eigenvalue weighted by atomic mass is 10.1. The van der Waals surface area contributed by atoms with Gasteiger partial charge in [0.1, 0.15) is 6.79 Å². The Kier molecular flexibility index (Phi) is 7.43. The Morgan fingerprint density at radius 3 is 2.27 bits per heavy atom. The zero-order chi connectivity index (χ0) is 11.9. The summed E-state index contributed by atoms with van der Waals surface area (Å²) in [6, 6.07) is 1.17. The predicted molar refractivity (Wildman–Crippen MR) is 65.8 cm³/mol. The highest BCUT2D eigenvalue weighted by Crippen LogP contribution is 2.09. The Bertz CT molecular complexity index is 156. The van der Waals surface area contributed by atoms with Crippen molar-refractivity contribution in [3.8, 4) is 0 Å². The molecule has 0 saturated heterocycles. The summed E-state index contributed by atoms with van der Waals surface area (Å²) >= 11 is 0. The van der Waals surface area contributed by atoms with E-state index < -0.39 is 8.07 Å². The van der Waals surface area contributed by atoms with Crippen LogP contribution in [0.1, 0.15) is 13.8 Å². The zero-order valence-corrected chi connectivity index (χ0v) is 11.7. The molecule has 1 N–H and O–H groups in total. The Labute approximate surface area is 94.8 Å². The van der Waals surface area contributed by atoms with Gasteiger partial charge in [0.25, 0.3) is 0 Å². The molecule has 0 aliphatic carbocycles. The molecule has 0 amide bonds. The molecule has 3 nitrogen and oxygen atoms in total. The van der Waals surface area contributed by atoms with Crippen LogP contribution >= 0.6 is 0 Å². The van der Waals surface area contributed by atoms with E-state index in [1.165, 1.54) is 6.04 Å². The number of rotatable bonds is 8.